The summed E-state index contributed by atoms with van der Waals surface area (Å²) >= 11 is 0. The standard InChI is InChI=1S/C14H20N2/c15-13-6-3-7-14-12(13)8-9-16(14)10-11-4-1-2-5-11/h3,6-7,11H,1-2,4-5,8-10,15H2. The number of nitrogen functional groups attached to an aromatic ring is 1. The summed E-state index contributed by atoms with van der Waals surface area (Å²) in [7, 11) is 0. The molecule has 1 saturated carbocycles. The molecule has 1 heterocycles. The molecule has 2 N–H and O–H groups in total. The number of hydrogen-bond donors (Lipinski definition) is 1. The normalized spacial score (nSPS) is 20.4. The maximum absolute atomic E-state index is 6.02. The van der Waals surface area contributed by atoms with Gasteiger partial charge < -0.3 is 10.6 Å². The van der Waals surface area contributed by atoms with E-state index in [1.165, 1.54) is 50.0 Å². The van der Waals surface area contributed by atoms with Crippen molar-refractivity contribution < 1.29 is 0 Å². The van der Waals surface area contributed by atoms with Gasteiger partial charge in [-0.3, -0.25) is 0 Å². The van der Waals surface area contributed by atoms with Crippen molar-refractivity contribution >= 4 is 11.4 Å². The lowest BCUT2D eigenvalue weighted by molar-refractivity contribution is 0.538. The number of nitrogens with two attached hydrogens (primary N) is 1. The molecule has 2 aliphatic rings. The van der Waals surface area contributed by atoms with Crippen molar-refractivity contribution in [3.63, 3.8) is 0 Å². The summed E-state index contributed by atoms with van der Waals surface area (Å²) in [6.45, 7) is 2.41. The Labute approximate surface area is 97.4 Å². The van der Waals surface area contributed by atoms with Crippen LogP contribution in [0.4, 0.5) is 11.4 Å². The Morgan fingerprint density at radius 3 is 2.88 bits per heavy atom. The van der Waals surface area contributed by atoms with Crippen LogP contribution in [-0.2, 0) is 6.42 Å². The molecule has 3 rings (SSSR count). The Bertz CT molecular complexity index is 380. The summed E-state index contributed by atoms with van der Waals surface area (Å²) in [5, 5.41) is 0. The number of rotatable bonds is 2. The van der Waals surface area contributed by atoms with Gasteiger partial charge in [0.2, 0.25) is 0 Å². The van der Waals surface area contributed by atoms with Crippen molar-refractivity contribution in [1.29, 1.82) is 0 Å². The lowest BCUT2D eigenvalue weighted by atomic mass is 10.1. The van der Waals surface area contributed by atoms with Crippen LogP contribution in [0.5, 0.6) is 0 Å². The second kappa shape index (κ2) is 4.00. The van der Waals surface area contributed by atoms with E-state index in [0.29, 0.717) is 0 Å². The third-order valence-electron chi connectivity index (χ3n) is 4.11. The first kappa shape index (κ1) is 10.0. The fourth-order valence-corrected chi connectivity index (χ4v) is 3.22. The average molecular weight is 216 g/mol. The highest BCUT2D eigenvalue weighted by atomic mass is 15.1. The van der Waals surface area contributed by atoms with Crippen molar-refractivity contribution in [2.75, 3.05) is 23.7 Å². The predicted molar refractivity (Wildman–Crippen MR) is 68.7 cm³/mol. The smallest absolute Gasteiger partial charge is 0.0420 e. The van der Waals surface area contributed by atoms with Gasteiger partial charge in [0.15, 0.2) is 0 Å². The van der Waals surface area contributed by atoms with Gasteiger partial charge >= 0.3 is 0 Å². The predicted octanol–water partition coefficient (Wildman–Crippen LogP) is 2.82. The molecule has 0 saturated heterocycles. The first-order valence-electron chi connectivity index (χ1n) is 6.47. The molecule has 0 spiro atoms. The van der Waals surface area contributed by atoms with Crippen LogP contribution in [0, 0.1) is 5.92 Å². The molecule has 0 aromatic heterocycles. The van der Waals surface area contributed by atoms with Gasteiger partial charge in [0.1, 0.15) is 0 Å². The number of anilines is 2. The van der Waals surface area contributed by atoms with Crippen molar-refractivity contribution in [2.24, 2.45) is 5.92 Å². The molecule has 86 valence electrons. The maximum atomic E-state index is 6.02. The van der Waals surface area contributed by atoms with Crippen LogP contribution in [-0.4, -0.2) is 13.1 Å². The van der Waals surface area contributed by atoms with E-state index in [1.807, 2.05) is 6.07 Å². The maximum Gasteiger partial charge on any atom is 0.0420 e. The second-order valence-electron chi connectivity index (χ2n) is 5.19. The summed E-state index contributed by atoms with van der Waals surface area (Å²) in [6.07, 6.45) is 6.85. The molecule has 16 heavy (non-hydrogen) atoms. The van der Waals surface area contributed by atoms with E-state index in [0.717, 1.165) is 18.0 Å². The van der Waals surface area contributed by atoms with E-state index in [9.17, 15) is 0 Å². The monoisotopic (exact) mass is 216 g/mol. The van der Waals surface area contributed by atoms with Crippen LogP contribution in [0.3, 0.4) is 0 Å². The summed E-state index contributed by atoms with van der Waals surface area (Å²) in [4.78, 5) is 2.54. The van der Waals surface area contributed by atoms with E-state index in [4.69, 9.17) is 5.73 Å². The molecular formula is C14H20N2. The van der Waals surface area contributed by atoms with Crippen LogP contribution in [0.15, 0.2) is 18.2 Å². The topological polar surface area (TPSA) is 29.3 Å². The van der Waals surface area contributed by atoms with E-state index < -0.39 is 0 Å². The fraction of sp³-hybridized carbons (Fsp3) is 0.571. The van der Waals surface area contributed by atoms with Crippen LogP contribution < -0.4 is 10.6 Å². The highest BCUT2D eigenvalue weighted by molar-refractivity contribution is 5.68. The van der Waals surface area contributed by atoms with E-state index in [-0.39, 0.29) is 0 Å². The minimum absolute atomic E-state index is 0.924. The Morgan fingerprint density at radius 1 is 1.25 bits per heavy atom. The molecule has 0 atom stereocenters. The van der Waals surface area contributed by atoms with Gasteiger partial charge in [-0.05, 0) is 37.3 Å². The number of hydrogen-bond acceptors (Lipinski definition) is 2. The third kappa shape index (κ3) is 1.66. The van der Waals surface area contributed by atoms with Gasteiger partial charge in [-0.15, -0.1) is 0 Å². The van der Waals surface area contributed by atoms with Crippen molar-refractivity contribution in [3.05, 3.63) is 23.8 Å². The average Bonchev–Trinajstić information content (AvgIpc) is 2.90. The zero-order valence-corrected chi connectivity index (χ0v) is 9.78. The number of nitrogens with zero attached hydrogens (tertiary/aromatic N) is 1. The molecule has 2 nitrogen and oxygen atoms in total. The number of benzene rings is 1. The molecule has 0 amide bonds. The van der Waals surface area contributed by atoms with Crippen LogP contribution in [0.1, 0.15) is 31.2 Å². The molecule has 0 radical (unpaired) electrons. The van der Waals surface area contributed by atoms with Gasteiger partial charge in [-0.1, -0.05) is 18.9 Å². The largest absolute Gasteiger partial charge is 0.398 e. The van der Waals surface area contributed by atoms with E-state index in [1.54, 1.807) is 0 Å². The molecule has 0 bridgehead atoms. The highest BCUT2D eigenvalue weighted by Gasteiger charge is 2.24. The molecule has 0 unspecified atom stereocenters. The molecule has 1 fully saturated rings. The zero-order chi connectivity index (χ0) is 11.0. The van der Waals surface area contributed by atoms with Crippen LogP contribution in [0.25, 0.3) is 0 Å². The lowest BCUT2D eigenvalue weighted by Gasteiger charge is -2.23. The lowest BCUT2D eigenvalue weighted by Crippen LogP contribution is -2.26. The third-order valence-corrected chi connectivity index (χ3v) is 4.11. The quantitative estimate of drug-likeness (QED) is 0.770. The van der Waals surface area contributed by atoms with Crippen molar-refractivity contribution in [2.45, 2.75) is 32.1 Å². The second-order valence-corrected chi connectivity index (χ2v) is 5.19. The van der Waals surface area contributed by atoms with Gasteiger partial charge in [0, 0.05) is 30.0 Å². The van der Waals surface area contributed by atoms with Gasteiger partial charge in [0.05, 0.1) is 0 Å². The van der Waals surface area contributed by atoms with Gasteiger partial charge in [-0.2, -0.15) is 0 Å². The first-order chi connectivity index (χ1) is 7.84. The Balaban J connectivity index is 1.78. The van der Waals surface area contributed by atoms with Crippen LogP contribution >= 0.6 is 0 Å². The minimum Gasteiger partial charge on any atom is -0.398 e. The fourth-order valence-electron chi connectivity index (χ4n) is 3.22. The molecule has 1 aliphatic carbocycles. The Hall–Kier alpha value is -1.18. The molecule has 1 aromatic carbocycles. The zero-order valence-electron chi connectivity index (χ0n) is 9.78. The Morgan fingerprint density at radius 2 is 2.06 bits per heavy atom. The summed E-state index contributed by atoms with van der Waals surface area (Å²) in [5.41, 5.74) is 9.76. The molecular weight excluding hydrogens is 196 g/mol. The molecule has 2 heteroatoms. The SMILES string of the molecule is Nc1cccc2c1CCN2CC1CCCC1. The summed E-state index contributed by atoms with van der Waals surface area (Å²) in [6, 6.07) is 6.34. The van der Waals surface area contributed by atoms with Crippen molar-refractivity contribution in [3.8, 4) is 0 Å². The summed E-state index contributed by atoms with van der Waals surface area (Å²) < 4.78 is 0. The van der Waals surface area contributed by atoms with Crippen LogP contribution in [0.2, 0.25) is 0 Å². The van der Waals surface area contributed by atoms with Gasteiger partial charge in [0.25, 0.3) is 0 Å². The van der Waals surface area contributed by atoms with E-state index in [2.05, 4.69) is 17.0 Å². The minimum atomic E-state index is 0.924. The molecule has 1 aromatic rings. The Kier molecular flexibility index (Phi) is 2.50. The van der Waals surface area contributed by atoms with E-state index >= 15 is 0 Å². The molecule has 1 aliphatic heterocycles. The van der Waals surface area contributed by atoms with Crippen molar-refractivity contribution in [1.82, 2.24) is 0 Å². The number of fused-ring (bicyclic) bond motifs is 1. The van der Waals surface area contributed by atoms with Gasteiger partial charge in [-0.25, -0.2) is 0 Å². The summed E-state index contributed by atoms with van der Waals surface area (Å²) in [5.74, 6) is 0.924. The first-order valence-corrected chi connectivity index (χ1v) is 6.47. The highest BCUT2D eigenvalue weighted by Crippen LogP contribution is 2.34.